The second-order valence-corrected chi connectivity index (χ2v) is 4.16. The number of rotatable bonds is 6. The number of hydrogen-bond acceptors (Lipinski definition) is 5. The van der Waals surface area contributed by atoms with Gasteiger partial charge in [-0.15, -0.1) is 11.8 Å². The van der Waals surface area contributed by atoms with Crippen molar-refractivity contribution < 1.29 is 19.1 Å². The second kappa shape index (κ2) is 6.96. The zero-order valence-corrected chi connectivity index (χ0v) is 10.6. The van der Waals surface area contributed by atoms with Gasteiger partial charge in [0, 0.05) is 4.90 Å². The lowest BCUT2D eigenvalue weighted by atomic mass is 10.3. The number of ether oxygens (including phenoxy) is 2. The number of hydrogen-bond donors (Lipinski definition) is 0. The zero-order valence-electron chi connectivity index (χ0n) is 9.76. The summed E-state index contributed by atoms with van der Waals surface area (Å²) >= 11 is 1.28. The zero-order chi connectivity index (χ0) is 12.7. The van der Waals surface area contributed by atoms with Crippen molar-refractivity contribution >= 4 is 23.5 Å². The van der Waals surface area contributed by atoms with Crippen molar-refractivity contribution in [2.24, 2.45) is 0 Å². The monoisotopic (exact) mass is 254 g/mol. The van der Waals surface area contributed by atoms with Crippen molar-refractivity contribution in [2.75, 3.05) is 19.5 Å². The molecule has 0 heterocycles. The van der Waals surface area contributed by atoms with Gasteiger partial charge < -0.3 is 9.47 Å². The maximum atomic E-state index is 11.3. The van der Waals surface area contributed by atoms with Gasteiger partial charge in [0.2, 0.25) is 5.78 Å². The number of benzene rings is 1. The van der Waals surface area contributed by atoms with E-state index in [4.69, 9.17) is 4.74 Å². The summed E-state index contributed by atoms with van der Waals surface area (Å²) in [6.07, 6.45) is 0. The minimum atomic E-state index is -0.775. The molecule has 0 radical (unpaired) electrons. The molecule has 0 bridgehead atoms. The Balaban J connectivity index is 2.49. The summed E-state index contributed by atoms with van der Waals surface area (Å²) in [6, 6.07) is 7.31. The Labute approximate surface area is 104 Å². The smallest absolute Gasteiger partial charge is 0.375 e. The summed E-state index contributed by atoms with van der Waals surface area (Å²) in [6.45, 7) is 1.88. The van der Waals surface area contributed by atoms with Gasteiger partial charge in [0.15, 0.2) is 0 Å². The lowest BCUT2D eigenvalue weighted by Crippen LogP contribution is -2.19. The number of Topliss-reactive ketones (excluding diaryl/α,β-unsaturated/α-hetero) is 1. The fourth-order valence-electron chi connectivity index (χ4n) is 1.11. The third kappa shape index (κ3) is 4.48. The fraction of sp³-hybridized carbons (Fsp3) is 0.333. The highest BCUT2D eigenvalue weighted by Gasteiger charge is 2.14. The van der Waals surface area contributed by atoms with E-state index in [0.29, 0.717) is 0 Å². The van der Waals surface area contributed by atoms with E-state index < -0.39 is 11.8 Å². The lowest BCUT2D eigenvalue weighted by Gasteiger charge is -2.03. The van der Waals surface area contributed by atoms with Crippen LogP contribution in [-0.2, 0) is 14.3 Å². The molecule has 0 atom stereocenters. The molecule has 0 saturated heterocycles. The molecule has 0 unspecified atom stereocenters. The van der Waals surface area contributed by atoms with Crippen LogP contribution in [0.1, 0.15) is 6.92 Å². The van der Waals surface area contributed by atoms with Crippen LogP contribution in [-0.4, -0.2) is 31.2 Å². The van der Waals surface area contributed by atoms with Crippen LogP contribution in [0.3, 0.4) is 0 Å². The molecule has 0 spiro atoms. The molecule has 92 valence electrons. The number of carbonyl (C=O) groups excluding carboxylic acids is 2. The topological polar surface area (TPSA) is 52.6 Å². The summed E-state index contributed by atoms with van der Waals surface area (Å²) in [7, 11) is 1.58. The number of carbonyl (C=O) groups is 2. The highest BCUT2D eigenvalue weighted by atomic mass is 32.2. The molecule has 0 saturated carbocycles. The number of esters is 1. The van der Waals surface area contributed by atoms with Gasteiger partial charge >= 0.3 is 5.97 Å². The van der Waals surface area contributed by atoms with E-state index in [1.165, 1.54) is 11.8 Å². The summed E-state index contributed by atoms with van der Waals surface area (Å²) in [5, 5.41) is 0. The first kappa shape index (κ1) is 13.6. The molecule has 0 aliphatic carbocycles. The molecule has 1 aromatic carbocycles. The molecule has 5 heteroatoms. The normalized spacial score (nSPS) is 9.76. The number of thioether (sulfide) groups is 1. The first-order valence-corrected chi connectivity index (χ1v) is 6.12. The standard InChI is InChI=1S/C12H14O4S/c1-3-16-12(14)11(13)8-17-10-6-4-5-9(7-10)15-2/h4-7H,3,8H2,1-2H3. The maximum absolute atomic E-state index is 11.3. The molecule has 0 fully saturated rings. The van der Waals surface area contributed by atoms with Crippen molar-refractivity contribution in [1.82, 2.24) is 0 Å². The summed E-state index contributed by atoms with van der Waals surface area (Å²) in [5.41, 5.74) is 0. The third-order valence-electron chi connectivity index (χ3n) is 1.91. The second-order valence-electron chi connectivity index (χ2n) is 3.11. The first-order chi connectivity index (χ1) is 8.17. The van der Waals surface area contributed by atoms with Crippen molar-refractivity contribution in [1.29, 1.82) is 0 Å². The Morgan fingerprint density at radius 1 is 1.35 bits per heavy atom. The molecule has 0 amide bonds. The van der Waals surface area contributed by atoms with Crippen LogP contribution in [0.25, 0.3) is 0 Å². The molecule has 17 heavy (non-hydrogen) atoms. The predicted octanol–water partition coefficient (Wildman–Crippen LogP) is 1.92. The Morgan fingerprint density at radius 3 is 2.76 bits per heavy atom. The Kier molecular flexibility index (Phi) is 5.56. The Morgan fingerprint density at radius 2 is 2.12 bits per heavy atom. The summed E-state index contributed by atoms with van der Waals surface area (Å²) in [4.78, 5) is 23.3. The molecular formula is C12H14O4S. The highest BCUT2D eigenvalue weighted by Crippen LogP contribution is 2.22. The van der Waals surface area contributed by atoms with E-state index in [-0.39, 0.29) is 12.4 Å². The molecule has 0 aromatic heterocycles. The van der Waals surface area contributed by atoms with Gasteiger partial charge in [0.25, 0.3) is 0 Å². The van der Waals surface area contributed by atoms with Crippen LogP contribution in [0.4, 0.5) is 0 Å². The molecule has 0 aliphatic heterocycles. The third-order valence-corrected chi connectivity index (χ3v) is 2.91. The van der Waals surface area contributed by atoms with Crippen molar-refractivity contribution in [2.45, 2.75) is 11.8 Å². The summed E-state index contributed by atoms with van der Waals surface area (Å²) in [5.74, 6) is -0.507. The Hall–Kier alpha value is -1.49. The van der Waals surface area contributed by atoms with E-state index in [1.54, 1.807) is 14.0 Å². The van der Waals surface area contributed by atoms with Gasteiger partial charge in [-0.2, -0.15) is 0 Å². The van der Waals surface area contributed by atoms with E-state index in [1.807, 2.05) is 24.3 Å². The van der Waals surface area contributed by atoms with Crippen LogP contribution >= 0.6 is 11.8 Å². The average molecular weight is 254 g/mol. The van der Waals surface area contributed by atoms with Gasteiger partial charge in [0.1, 0.15) is 5.75 Å². The van der Waals surface area contributed by atoms with E-state index in [0.717, 1.165) is 10.6 Å². The minimum absolute atomic E-state index is 0.0754. The molecule has 1 rings (SSSR count). The molecule has 4 nitrogen and oxygen atoms in total. The average Bonchev–Trinajstić information content (AvgIpc) is 2.36. The van der Waals surface area contributed by atoms with E-state index >= 15 is 0 Å². The van der Waals surface area contributed by atoms with E-state index in [2.05, 4.69) is 4.74 Å². The van der Waals surface area contributed by atoms with Crippen LogP contribution in [0.2, 0.25) is 0 Å². The van der Waals surface area contributed by atoms with Crippen LogP contribution in [0.15, 0.2) is 29.2 Å². The largest absolute Gasteiger partial charge is 0.497 e. The molecule has 1 aromatic rings. The van der Waals surface area contributed by atoms with Gasteiger partial charge in [-0.1, -0.05) is 6.07 Å². The first-order valence-electron chi connectivity index (χ1n) is 5.14. The molecule has 0 aliphatic rings. The summed E-state index contributed by atoms with van der Waals surface area (Å²) < 4.78 is 9.67. The van der Waals surface area contributed by atoms with Crippen LogP contribution in [0.5, 0.6) is 5.75 Å². The SMILES string of the molecule is CCOC(=O)C(=O)CSc1cccc(OC)c1. The molecule has 0 N–H and O–H groups in total. The fourth-order valence-corrected chi connectivity index (χ4v) is 1.90. The van der Waals surface area contributed by atoms with Crippen LogP contribution in [0, 0.1) is 0 Å². The predicted molar refractivity (Wildman–Crippen MR) is 65.4 cm³/mol. The van der Waals surface area contributed by atoms with Gasteiger partial charge in [-0.3, -0.25) is 4.79 Å². The van der Waals surface area contributed by atoms with Crippen molar-refractivity contribution in [3.63, 3.8) is 0 Å². The van der Waals surface area contributed by atoms with Crippen molar-refractivity contribution in [3.8, 4) is 5.75 Å². The van der Waals surface area contributed by atoms with Gasteiger partial charge in [0.05, 0.1) is 19.5 Å². The van der Waals surface area contributed by atoms with E-state index in [9.17, 15) is 9.59 Å². The number of ketones is 1. The van der Waals surface area contributed by atoms with Crippen molar-refractivity contribution in [3.05, 3.63) is 24.3 Å². The van der Waals surface area contributed by atoms with Gasteiger partial charge in [-0.25, -0.2) is 4.79 Å². The molecular weight excluding hydrogens is 240 g/mol. The highest BCUT2D eigenvalue weighted by molar-refractivity contribution is 8.00. The lowest BCUT2D eigenvalue weighted by molar-refractivity contribution is -0.152. The Bertz CT molecular complexity index is 403. The van der Waals surface area contributed by atoms with Gasteiger partial charge in [-0.05, 0) is 25.1 Å². The maximum Gasteiger partial charge on any atom is 0.375 e. The van der Waals surface area contributed by atoms with Crippen LogP contribution < -0.4 is 4.74 Å². The quantitative estimate of drug-likeness (QED) is 0.441. The minimum Gasteiger partial charge on any atom is -0.497 e. The number of methoxy groups -OCH3 is 1.